The quantitative estimate of drug-likeness (QED) is 0.593. The van der Waals surface area contributed by atoms with Crippen LogP contribution in [-0.4, -0.2) is 31.6 Å². The molecular weight excluding hydrogens is 330 g/mol. The summed E-state index contributed by atoms with van der Waals surface area (Å²) in [4.78, 5) is 2.76. The van der Waals surface area contributed by atoms with Crippen LogP contribution in [0.5, 0.6) is 5.75 Å². The van der Waals surface area contributed by atoms with Crippen LogP contribution in [0.25, 0.3) is 0 Å². The van der Waals surface area contributed by atoms with Crippen molar-refractivity contribution in [2.75, 3.05) is 26.7 Å². The second-order valence-corrected chi connectivity index (χ2v) is 9.34. The van der Waals surface area contributed by atoms with Crippen LogP contribution in [0.3, 0.4) is 0 Å². The maximum absolute atomic E-state index is 5.61. The summed E-state index contributed by atoms with van der Waals surface area (Å²) in [5, 5.41) is 0. The van der Waals surface area contributed by atoms with E-state index in [2.05, 4.69) is 23.1 Å². The van der Waals surface area contributed by atoms with E-state index in [9.17, 15) is 0 Å². The van der Waals surface area contributed by atoms with Crippen LogP contribution in [0.2, 0.25) is 0 Å². The Labute approximate surface area is 166 Å². The van der Waals surface area contributed by atoms with Crippen LogP contribution in [0, 0.1) is 11.8 Å². The number of ether oxygens (including phenoxy) is 1. The Morgan fingerprint density at radius 2 is 1.70 bits per heavy atom. The van der Waals surface area contributed by atoms with Gasteiger partial charge in [-0.15, -0.1) is 0 Å². The first-order chi connectivity index (χ1) is 13.3. The molecule has 0 spiro atoms. The first kappa shape index (κ1) is 19.3. The molecule has 0 amide bonds. The molecule has 1 heterocycles. The zero-order valence-electron chi connectivity index (χ0n) is 17.4. The van der Waals surface area contributed by atoms with Crippen molar-refractivity contribution < 1.29 is 4.74 Å². The fourth-order valence-electron chi connectivity index (χ4n) is 6.22. The minimum absolute atomic E-state index is 0.753. The predicted molar refractivity (Wildman–Crippen MR) is 114 cm³/mol. The van der Waals surface area contributed by atoms with Gasteiger partial charge in [0.05, 0.1) is 7.11 Å². The predicted octanol–water partition coefficient (Wildman–Crippen LogP) is 6.19. The first-order valence-electron chi connectivity index (χ1n) is 11.7. The molecule has 1 aromatic carbocycles. The monoisotopic (exact) mass is 369 g/mol. The average Bonchev–Trinajstić information content (AvgIpc) is 2.74. The van der Waals surface area contributed by atoms with Gasteiger partial charge in [0.1, 0.15) is 5.75 Å². The molecule has 2 heteroatoms. The van der Waals surface area contributed by atoms with E-state index < -0.39 is 0 Å². The number of hydrogen-bond acceptors (Lipinski definition) is 2. The summed E-state index contributed by atoms with van der Waals surface area (Å²) in [5.74, 6) is 3.97. The summed E-state index contributed by atoms with van der Waals surface area (Å²) in [5.41, 5.74) is 3.07. The summed E-state index contributed by atoms with van der Waals surface area (Å²) in [6.45, 7) is 4.03. The van der Waals surface area contributed by atoms with Gasteiger partial charge in [-0.2, -0.15) is 0 Å². The Kier molecular flexibility index (Phi) is 6.76. The molecule has 1 unspecified atom stereocenters. The Hall–Kier alpha value is -1.02. The highest BCUT2D eigenvalue weighted by molar-refractivity contribution is 5.43. The number of fused-ring (bicyclic) bond motifs is 1. The van der Waals surface area contributed by atoms with Gasteiger partial charge in [-0.05, 0) is 99.5 Å². The molecule has 2 nitrogen and oxygen atoms in total. The SMILES string of the molecule is COc1cccc2c1CCCC2CCCN1CCC(C2CCCCC2)CC1. The van der Waals surface area contributed by atoms with E-state index in [0.717, 1.165) is 23.5 Å². The largest absolute Gasteiger partial charge is 0.496 e. The number of methoxy groups -OCH3 is 1. The van der Waals surface area contributed by atoms with E-state index in [1.54, 1.807) is 5.56 Å². The van der Waals surface area contributed by atoms with E-state index in [-0.39, 0.29) is 0 Å². The number of hydrogen-bond donors (Lipinski definition) is 0. The van der Waals surface area contributed by atoms with Gasteiger partial charge < -0.3 is 9.64 Å². The van der Waals surface area contributed by atoms with Gasteiger partial charge in [0.25, 0.3) is 0 Å². The zero-order chi connectivity index (χ0) is 18.5. The van der Waals surface area contributed by atoms with E-state index in [1.165, 1.54) is 102 Å². The molecule has 1 aliphatic heterocycles. The topological polar surface area (TPSA) is 12.5 Å². The number of rotatable bonds is 6. The second-order valence-electron chi connectivity index (χ2n) is 9.34. The van der Waals surface area contributed by atoms with Crippen LogP contribution in [0.1, 0.15) is 87.7 Å². The Morgan fingerprint density at radius 3 is 2.48 bits per heavy atom. The lowest BCUT2D eigenvalue weighted by molar-refractivity contribution is 0.125. The van der Waals surface area contributed by atoms with Crippen LogP contribution in [0.4, 0.5) is 0 Å². The molecule has 2 aliphatic carbocycles. The van der Waals surface area contributed by atoms with Gasteiger partial charge in [0.2, 0.25) is 0 Å². The third kappa shape index (κ3) is 4.70. The van der Waals surface area contributed by atoms with Gasteiger partial charge in [-0.1, -0.05) is 44.2 Å². The summed E-state index contributed by atoms with van der Waals surface area (Å²) < 4.78 is 5.61. The third-order valence-electron chi connectivity index (χ3n) is 7.78. The zero-order valence-corrected chi connectivity index (χ0v) is 17.4. The van der Waals surface area contributed by atoms with Gasteiger partial charge >= 0.3 is 0 Å². The third-order valence-corrected chi connectivity index (χ3v) is 7.78. The van der Waals surface area contributed by atoms with Crippen molar-refractivity contribution in [3.05, 3.63) is 29.3 Å². The molecular formula is C25H39NO. The standard InChI is InChI=1S/C25H39NO/c1-27-25-14-6-12-23-22(10-5-13-24(23)25)11-7-17-26-18-15-21(16-19-26)20-8-3-2-4-9-20/h6,12,14,20-22H,2-5,7-11,13,15-19H2,1H3. The van der Waals surface area contributed by atoms with Gasteiger partial charge in [-0.25, -0.2) is 0 Å². The van der Waals surface area contributed by atoms with E-state index in [4.69, 9.17) is 4.74 Å². The normalized spacial score (nSPS) is 25.3. The summed E-state index contributed by atoms with van der Waals surface area (Å²) >= 11 is 0. The Balaban J connectivity index is 1.22. The van der Waals surface area contributed by atoms with Crippen molar-refractivity contribution in [3.63, 3.8) is 0 Å². The Morgan fingerprint density at radius 1 is 0.926 bits per heavy atom. The lowest BCUT2D eigenvalue weighted by atomic mass is 9.76. The van der Waals surface area contributed by atoms with E-state index in [1.807, 2.05) is 7.11 Å². The smallest absolute Gasteiger partial charge is 0.122 e. The lowest BCUT2D eigenvalue weighted by Gasteiger charge is -2.38. The highest BCUT2D eigenvalue weighted by Crippen LogP contribution is 2.39. The molecule has 0 bridgehead atoms. The molecule has 0 aromatic heterocycles. The molecule has 3 aliphatic rings. The summed E-state index contributed by atoms with van der Waals surface area (Å²) in [6, 6.07) is 6.68. The maximum atomic E-state index is 5.61. The molecule has 1 aromatic rings. The van der Waals surface area contributed by atoms with Crippen molar-refractivity contribution >= 4 is 0 Å². The summed E-state index contributed by atoms with van der Waals surface area (Å²) in [7, 11) is 1.82. The highest BCUT2D eigenvalue weighted by atomic mass is 16.5. The van der Waals surface area contributed by atoms with E-state index in [0.29, 0.717) is 0 Å². The number of likely N-dealkylation sites (tertiary alicyclic amines) is 1. The fourth-order valence-corrected chi connectivity index (χ4v) is 6.22. The van der Waals surface area contributed by atoms with Crippen molar-refractivity contribution in [2.45, 2.75) is 83.0 Å². The van der Waals surface area contributed by atoms with Gasteiger partial charge in [0.15, 0.2) is 0 Å². The number of benzene rings is 1. The van der Waals surface area contributed by atoms with Crippen LogP contribution in [-0.2, 0) is 6.42 Å². The molecule has 4 rings (SSSR count). The van der Waals surface area contributed by atoms with Crippen LogP contribution < -0.4 is 4.74 Å². The molecule has 1 atom stereocenters. The van der Waals surface area contributed by atoms with Crippen molar-refractivity contribution in [1.29, 1.82) is 0 Å². The lowest BCUT2D eigenvalue weighted by Crippen LogP contribution is -2.37. The molecule has 0 N–H and O–H groups in total. The van der Waals surface area contributed by atoms with Crippen LogP contribution in [0.15, 0.2) is 18.2 Å². The summed E-state index contributed by atoms with van der Waals surface area (Å²) in [6.07, 6.45) is 17.1. The highest BCUT2D eigenvalue weighted by Gasteiger charge is 2.28. The molecule has 0 radical (unpaired) electrons. The average molecular weight is 370 g/mol. The molecule has 1 saturated carbocycles. The second kappa shape index (κ2) is 9.45. The van der Waals surface area contributed by atoms with Gasteiger partial charge in [0, 0.05) is 0 Å². The molecule has 150 valence electrons. The number of nitrogens with zero attached hydrogens (tertiary/aromatic N) is 1. The van der Waals surface area contributed by atoms with Crippen molar-refractivity contribution in [2.24, 2.45) is 11.8 Å². The van der Waals surface area contributed by atoms with E-state index >= 15 is 0 Å². The van der Waals surface area contributed by atoms with Crippen LogP contribution >= 0.6 is 0 Å². The first-order valence-corrected chi connectivity index (χ1v) is 11.7. The number of piperidine rings is 1. The molecule has 2 fully saturated rings. The minimum atomic E-state index is 0.753. The van der Waals surface area contributed by atoms with Gasteiger partial charge in [-0.3, -0.25) is 0 Å². The van der Waals surface area contributed by atoms with Crippen molar-refractivity contribution in [3.8, 4) is 5.75 Å². The van der Waals surface area contributed by atoms with Crippen molar-refractivity contribution in [1.82, 2.24) is 4.90 Å². The fraction of sp³-hybridized carbons (Fsp3) is 0.760. The minimum Gasteiger partial charge on any atom is -0.496 e. The Bertz CT molecular complexity index is 584. The molecule has 27 heavy (non-hydrogen) atoms. The maximum Gasteiger partial charge on any atom is 0.122 e. The molecule has 1 saturated heterocycles.